The molecule has 0 bridgehead atoms. The van der Waals surface area contributed by atoms with E-state index in [1.54, 1.807) is 0 Å². The zero-order valence-electron chi connectivity index (χ0n) is 22.6. The van der Waals surface area contributed by atoms with Crippen LogP contribution in [0.5, 0.6) is 0 Å². The maximum absolute atomic E-state index is 13.4. The van der Waals surface area contributed by atoms with Crippen molar-refractivity contribution in [3.8, 4) is 0 Å². The first-order valence-corrected chi connectivity index (χ1v) is 13.0. The average Bonchev–Trinajstić information content (AvgIpc) is 3.32. The smallest absolute Gasteiger partial charge is 0.339 e. The van der Waals surface area contributed by atoms with Gasteiger partial charge in [0.15, 0.2) is 6.61 Å². The molecule has 1 N–H and O–H groups in total. The van der Waals surface area contributed by atoms with Crippen LogP contribution in [0.15, 0.2) is 72.8 Å². The van der Waals surface area contributed by atoms with E-state index in [2.05, 4.69) is 56.4 Å². The summed E-state index contributed by atoms with van der Waals surface area (Å²) in [6.07, 6.45) is 3.47. The maximum Gasteiger partial charge on any atom is 0.339 e. The van der Waals surface area contributed by atoms with Crippen LogP contribution in [0, 0.1) is 10.1 Å². The lowest BCUT2D eigenvalue weighted by Crippen LogP contribution is -2.21. The van der Waals surface area contributed by atoms with Gasteiger partial charge in [0.1, 0.15) is 0 Å². The largest absolute Gasteiger partial charge is 0.452 e. The summed E-state index contributed by atoms with van der Waals surface area (Å²) in [5.41, 5.74) is 6.18. The van der Waals surface area contributed by atoms with Gasteiger partial charge in [-0.2, -0.15) is 0 Å². The number of carbonyl (C=O) groups is 2. The van der Waals surface area contributed by atoms with Crippen molar-refractivity contribution in [2.75, 3.05) is 11.9 Å². The number of anilines is 1. The Kier molecular flexibility index (Phi) is 7.17. The van der Waals surface area contributed by atoms with Crippen LogP contribution in [-0.4, -0.2) is 28.4 Å². The maximum atomic E-state index is 13.4. The van der Waals surface area contributed by atoms with Crippen LogP contribution in [0.25, 0.3) is 22.6 Å². The molecule has 202 valence electrons. The van der Waals surface area contributed by atoms with Crippen LogP contribution >= 0.6 is 0 Å². The van der Waals surface area contributed by atoms with Gasteiger partial charge in [0.25, 0.3) is 11.6 Å². The van der Waals surface area contributed by atoms with E-state index in [0.29, 0.717) is 22.9 Å². The number of amides is 1. The normalized spacial score (nSPS) is 13.7. The number of carbonyl (C=O) groups excluding carboxylic acids is 2. The Bertz CT molecular complexity index is 1670. The monoisotopic (exact) mass is 535 g/mol. The number of ether oxygens (including phenoxy) is 1. The summed E-state index contributed by atoms with van der Waals surface area (Å²) in [6, 6.07) is 21.4. The summed E-state index contributed by atoms with van der Waals surface area (Å²) in [4.78, 5) is 41.2. The number of nitrogens with one attached hydrogen (secondary N) is 1. The number of pyridine rings is 1. The third kappa shape index (κ3) is 5.61. The van der Waals surface area contributed by atoms with Gasteiger partial charge in [-0.25, -0.2) is 9.78 Å². The van der Waals surface area contributed by atoms with Gasteiger partial charge in [-0.15, -0.1) is 0 Å². The molecule has 0 atom stereocenters. The van der Waals surface area contributed by atoms with E-state index in [1.165, 1.54) is 29.8 Å². The van der Waals surface area contributed by atoms with Gasteiger partial charge >= 0.3 is 5.97 Å². The highest BCUT2D eigenvalue weighted by atomic mass is 16.6. The van der Waals surface area contributed by atoms with Gasteiger partial charge in [-0.05, 0) is 58.7 Å². The molecule has 0 saturated carbocycles. The minimum Gasteiger partial charge on any atom is -0.452 e. The van der Waals surface area contributed by atoms with E-state index in [9.17, 15) is 19.7 Å². The van der Waals surface area contributed by atoms with Crippen molar-refractivity contribution in [2.24, 2.45) is 0 Å². The van der Waals surface area contributed by atoms with Crippen LogP contribution in [0.1, 0.15) is 59.9 Å². The van der Waals surface area contributed by atoms with Crippen LogP contribution in [0.3, 0.4) is 0 Å². The van der Waals surface area contributed by atoms with Crippen molar-refractivity contribution in [3.05, 3.63) is 111 Å². The molecule has 40 heavy (non-hydrogen) atoms. The Hall–Kier alpha value is -4.85. The minimum absolute atomic E-state index is 0.0668. The molecule has 3 aromatic carbocycles. The highest BCUT2D eigenvalue weighted by molar-refractivity contribution is 6.08. The fourth-order valence-corrected chi connectivity index (χ4v) is 4.89. The van der Waals surface area contributed by atoms with Gasteiger partial charge in [0, 0.05) is 23.2 Å². The summed E-state index contributed by atoms with van der Waals surface area (Å²) >= 11 is 0. The standard InChI is InChI=1S/C32H29N3O5/c1-32(2,3)22-14-11-20(12-15-22)17-21-13-16-26-29(25-9-4-5-10-27(25)34-30(21)26)31(37)40-19-28(36)33-23-7-6-8-24(18-23)35(38)39/h4-12,14-15,17-18H,13,16,19H2,1-3H3,(H,33,36)/b21-17-. The van der Waals surface area contributed by atoms with Crippen molar-refractivity contribution in [1.29, 1.82) is 0 Å². The molecule has 5 rings (SSSR count). The van der Waals surface area contributed by atoms with E-state index < -0.39 is 23.4 Å². The van der Waals surface area contributed by atoms with E-state index in [4.69, 9.17) is 9.72 Å². The molecule has 0 spiro atoms. The molecule has 8 heteroatoms. The first-order valence-electron chi connectivity index (χ1n) is 13.0. The topological polar surface area (TPSA) is 111 Å². The Morgan fingerprint density at radius 2 is 1.77 bits per heavy atom. The number of nitrogens with zero attached hydrogens (tertiary/aromatic N) is 2. The van der Waals surface area contributed by atoms with Gasteiger partial charge in [-0.1, -0.05) is 69.3 Å². The van der Waals surface area contributed by atoms with E-state index in [0.717, 1.165) is 28.8 Å². The summed E-state index contributed by atoms with van der Waals surface area (Å²) in [7, 11) is 0. The predicted octanol–water partition coefficient (Wildman–Crippen LogP) is 6.72. The third-order valence-electron chi connectivity index (χ3n) is 6.94. The quantitative estimate of drug-likeness (QED) is 0.167. The number of allylic oxidation sites excluding steroid dienone is 1. The van der Waals surface area contributed by atoms with Crippen molar-refractivity contribution < 1.29 is 19.2 Å². The van der Waals surface area contributed by atoms with Crippen LogP contribution in [0.2, 0.25) is 0 Å². The number of nitro benzene ring substituents is 1. The lowest BCUT2D eigenvalue weighted by atomic mass is 9.86. The zero-order chi connectivity index (χ0) is 28.4. The Balaban J connectivity index is 1.40. The summed E-state index contributed by atoms with van der Waals surface area (Å²) in [6.45, 7) is 6.01. The summed E-state index contributed by atoms with van der Waals surface area (Å²) in [5.74, 6) is -1.21. The van der Waals surface area contributed by atoms with Crippen LogP contribution in [0.4, 0.5) is 11.4 Å². The van der Waals surface area contributed by atoms with Gasteiger partial charge in [0.05, 0.1) is 21.7 Å². The van der Waals surface area contributed by atoms with E-state index in [1.807, 2.05) is 24.3 Å². The Labute approximate surface area is 231 Å². The lowest BCUT2D eigenvalue weighted by molar-refractivity contribution is -0.384. The fourth-order valence-electron chi connectivity index (χ4n) is 4.89. The number of non-ortho nitro benzene ring substituents is 1. The first-order chi connectivity index (χ1) is 19.1. The number of rotatable bonds is 6. The number of hydrogen-bond donors (Lipinski definition) is 1. The highest BCUT2D eigenvalue weighted by Crippen LogP contribution is 2.38. The van der Waals surface area contributed by atoms with Crippen LogP contribution in [-0.2, 0) is 21.4 Å². The molecule has 1 amide bonds. The second-order valence-corrected chi connectivity index (χ2v) is 10.8. The molecule has 0 aliphatic heterocycles. The molecule has 4 aromatic rings. The molecule has 0 unspecified atom stereocenters. The zero-order valence-corrected chi connectivity index (χ0v) is 22.6. The Morgan fingerprint density at radius 3 is 2.50 bits per heavy atom. The molecule has 1 aliphatic carbocycles. The average molecular weight is 536 g/mol. The van der Waals surface area contributed by atoms with Gasteiger partial charge in [-0.3, -0.25) is 14.9 Å². The van der Waals surface area contributed by atoms with E-state index >= 15 is 0 Å². The van der Waals surface area contributed by atoms with Crippen molar-refractivity contribution in [3.63, 3.8) is 0 Å². The number of fused-ring (bicyclic) bond motifs is 2. The molecule has 0 fully saturated rings. The number of esters is 1. The number of para-hydroxylation sites is 1. The number of aromatic nitrogens is 1. The number of benzene rings is 3. The molecule has 8 nitrogen and oxygen atoms in total. The predicted molar refractivity (Wildman–Crippen MR) is 155 cm³/mol. The van der Waals surface area contributed by atoms with Gasteiger partial charge in [0.2, 0.25) is 0 Å². The van der Waals surface area contributed by atoms with Crippen LogP contribution < -0.4 is 5.32 Å². The van der Waals surface area contributed by atoms with Gasteiger partial charge < -0.3 is 10.1 Å². The highest BCUT2D eigenvalue weighted by Gasteiger charge is 2.28. The minimum atomic E-state index is -0.611. The molecular formula is C32H29N3O5. The molecule has 0 radical (unpaired) electrons. The fraction of sp³-hybridized carbons (Fsp3) is 0.219. The second-order valence-electron chi connectivity index (χ2n) is 10.8. The lowest BCUT2D eigenvalue weighted by Gasteiger charge is -2.18. The first kappa shape index (κ1) is 26.7. The molecule has 1 aromatic heterocycles. The SMILES string of the molecule is CC(C)(C)c1ccc(/C=C2/CCc3c2nc2ccccc2c3C(=O)OCC(=O)Nc2cccc([N+](=O)[O-])c2)cc1. The molecule has 1 aliphatic rings. The molecular weight excluding hydrogens is 506 g/mol. The molecule has 1 heterocycles. The molecule has 0 saturated heterocycles. The summed E-state index contributed by atoms with van der Waals surface area (Å²) in [5, 5.41) is 14.2. The second kappa shape index (κ2) is 10.7. The van der Waals surface area contributed by atoms with Crippen molar-refractivity contribution >= 4 is 45.8 Å². The van der Waals surface area contributed by atoms with E-state index in [-0.39, 0.29) is 16.8 Å². The van der Waals surface area contributed by atoms with Crippen molar-refractivity contribution in [2.45, 2.75) is 39.0 Å². The van der Waals surface area contributed by atoms with Crippen molar-refractivity contribution in [1.82, 2.24) is 4.98 Å². The Morgan fingerprint density at radius 1 is 1.02 bits per heavy atom. The number of hydrogen-bond acceptors (Lipinski definition) is 6. The summed E-state index contributed by atoms with van der Waals surface area (Å²) < 4.78 is 5.44. The third-order valence-corrected chi connectivity index (χ3v) is 6.94. The number of nitro groups is 1.